The summed E-state index contributed by atoms with van der Waals surface area (Å²) in [5.74, 6) is -5.23. The van der Waals surface area contributed by atoms with Gasteiger partial charge in [-0.3, -0.25) is 9.69 Å². The van der Waals surface area contributed by atoms with Gasteiger partial charge in [0.15, 0.2) is 6.17 Å². The number of esters is 2. The van der Waals surface area contributed by atoms with Crippen molar-refractivity contribution in [2.45, 2.75) is 18.5 Å². The number of amides is 1. The second kappa shape index (κ2) is 8.37. The number of alkyl halides is 6. The summed E-state index contributed by atoms with van der Waals surface area (Å²) >= 11 is 0. The van der Waals surface area contributed by atoms with E-state index in [4.69, 9.17) is 5.73 Å². The van der Waals surface area contributed by atoms with Crippen LogP contribution in [-0.4, -0.2) is 66.2 Å². The zero-order valence-electron chi connectivity index (χ0n) is 14.6. The Labute approximate surface area is 160 Å². The van der Waals surface area contributed by atoms with Crippen LogP contribution in [0.2, 0.25) is 0 Å². The molecular formula is C16H15F6N3O4. The van der Waals surface area contributed by atoms with Gasteiger partial charge in [-0.05, 0) is 12.1 Å². The van der Waals surface area contributed by atoms with Crippen LogP contribution in [0.4, 0.5) is 26.3 Å². The van der Waals surface area contributed by atoms with Crippen LogP contribution < -0.4 is 5.73 Å². The Morgan fingerprint density at radius 1 is 0.966 bits per heavy atom. The molecule has 2 N–H and O–H groups in total. The third-order valence-electron chi connectivity index (χ3n) is 4.12. The highest BCUT2D eigenvalue weighted by molar-refractivity contribution is 5.96. The van der Waals surface area contributed by atoms with Crippen molar-refractivity contribution in [2.24, 2.45) is 5.73 Å². The first kappa shape index (κ1) is 22.6. The molecule has 1 aliphatic heterocycles. The number of nitrogens with two attached hydrogens (primary N) is 1. The zero-order valence-corrected chi connectivity index (χ0v) is 14.6. The average Bonchev–Trinajstić information content (AvgIpc) is 2.65. The fraction of sp³-hybridized carbons (Fsp3) is 0.438. The van der Waals surface area contributed by atoms with Crippen molar-refractivity contribution in [3.05, 3.63) is 35.4 Å². The quantitative estimate of drug-likeness (QED) is 0.445. The minimum absolute atomic E-state index is 0.129. The molecule has 1 atom stereocenters. The minimum Gasteiger partial charge on any atom is -0.384 e. The Morgan fingerprint density at radius 3 is 2.03 bits per heavy atom. The molecule has 1 fully saturated rings. The molecule has 1 amide bonds. The van der Waals surface area contributed by atoms with Gasteiger partial charge in [0.1, 0.15) is 0 Å². The maximum Gasteiger partial charge on any atom is 0.491 e. The summed E-state index contributed by atoms with van der Waals surface area (Å²) in [5, 5.41) is 0. The lowest BCUT2D eigenvalue weighted by molar-refractivity contribution is -0.203. The van der Waals surface area contributed by atoms with Gasteiger partial charge >= 0.3 is 24.3 Å². The molecule has 1 aromatic rings. The minimum atomic E-state index is -5.37. The van der Waals surface area contributed by atoms with E-state index in [1.807, 2.05) is 0 Å². The van der Waals surface area contributed by atoms with Crippen LogP contribution in [0, 0.1) is 0 Å². The van der Waals surface area contributed by atoms with Crippen molar-refractivity contribution in [1.29, 1.82) is 0 Å². The van der Waals surface area contributed by atoms with E-state index in [1.54, 1.807) is 0 Å². The number of piperazine rings is 1. The second-order valence-electron chi connectivity index (χ2n) is 6.02. The molecule has 1 heterocycles. The normalized spacial score (nSPS) is 17.0. The van der Waals surface area contributed by atoms with E-state index in [0.29, 0.717) is 0 Å². The summed E-state index contributed by atoms with van der Waals surface area (Å²) in [6.45, 7) is -0.536. The van der Waals surface area contributed by atoms with E-state index >= 15 is 0 Å². The smallest absolute Gasteiger partial charge is 0.384 e. The Bertz CT molecular complexity index is 788. The first-order valence-corrected chi connectivity index (χ1v) is 8.10. The Morgan fingerprint density at radius 2 is 1.52 bits per heavy atom. The van der Waals surface area contributed by atoms with Gasteiger partial charge in [-0.2, -0.15) is 26.3 Å². The van der Waals surface area contributed by atoms with Crippen molar-refractivity contribution < 1.29 is 45.5 Å². The topological polar surface area (TPSA) is 92.9 Å². The Balaban J connectivity index is 2.00. The van der Waals surface area contributed by atoms with Gasteiger partial charge in [0.2, 0.25) is 0 Å². The van der Waals surface area contributed by atoms with Crippen molar-refractivity contribution in [2.75, 3.05) is 26.2 Å². The summed E-state index contributed by atoms with van der Waals surface area (Å²) in [4.78, 5) is 37.0. The SMILES string of the molecule is NC(C(=O)OC(=O)C(F)(F)F)N1CCN(C(=O)c2ccccc2C(F)(F)F)CC1. The molecule has 0 aromatic heterocycles. The third-order valence-corrected chi connectivity index (χ3v) is 4.12. The number of carbonyl (C=O) groups is 3. The molecule has 160 valence electrons. The van der Waals surface area contributed by atoms with Gasteiger partial charge in [0, 0.05) is 26.2 Å². The highest BCUT2D eigenvalue weighted by Gasteiger charge is 2.44. The molecule has 13 heteroatoms. The van der Waals surface area contributed by atoms with E-state index in [2.05, 4.69) is 4.74 Å². The number of hydrogen-bond donors (Lipinski definition) is 1. The third kappa shape index (κ3) is 5.44. The molecular weight excluding hydrogens is 412 g/mol. The highest BCUT2D eigenvalue weighted by Crippen LogP contribution is 2.32. The molecule has 29 heavy (non-hydrogen) atoms. The summed E-state index contributed by atoms with van der Waals surface area (Å²) in [7, 11) is 0. The lowest BCUT2D eigenvalue weighted by atomic mass is 10.1. The van der Waals surface area contributed by atoms with Crippen molar-refractivity contribution in [3.8, 4) is 0 Å². The molecule has 1 aromatic carbocycles. The first-order valence-electron chi connectivity index (χ1n) is 8.10. The van der Waals surface area contributed by atoms with Crippen LogP contribution in [0.15, 0.2) is 24.3 Å². The number of benzene rings is 1. The maximum atomic E-state index is 13.1. The molecule has 1 saturated heterocycles. The summed E-state index contributed by atoms with van der Waals surface area (Å²) in [6, 6.07) is 4.23. The number of carbonyl (C=O) groups excluding carboxylic acids is 3. The highest BCUT2D eigenvalue weighted by atomic mass is 19.4. The van der Waals surface area contributed by atoms with Crippen LogP contribution in [-0.2, 0) is 20.5 Å². The van der Waals surface area contributed by atoms with E-state index in [9.17, 15) is 40.7 Å². The fourth-order valence-corrected chi connectivity index (χ4v) is 2.65. The molecule has 0 saturated carbocycles. The van der Waals surface area contributed by atoms with Crippen LogP contribution in [0.25, 0.3) is 0 Å². The molecule has 0 bridgehead atoms. The van der Waals surface area contributed by atoms with Crippen molar-refractivity contribution in [3.63, 3.8) is 0 Å². The number of ether oxygens (including phenoxy) is 1. The van der Waals surface area contributed by atoms with Gasteiger partial charge in [-0.1, -0.05) is 12.1 Å². The van der Waals surface area contributed by atoms with E-state index in [0.717, 1.165) is 28.0 Å². The van der Waals surface area contributed by atoms with Crippen LogP contribution in [0.1, 0.15) is 15.9 Å². The summed E-state index contributed by atoms with van der Waals surface area (Å²) < 4.78 is 79.2. The summed E-state index contributed by atoms with van der Waals surface area (Å²) in [5.41, 5.74) is 3.83. The van der Waals surface area contributed by atoms with Crippen LogP contribution in [0.5, 0.6) is 0 Å². The first-order chi connectivity index (χ1) is 13.3. The molecule has 0 aliphatic carbocycles. The standard InChI is InChI=1S/C16H15F6N3O4/c17-15(18,19)10-4-2-1-3-9(10)12(26)25-7-5-24(6-8-25)11(23)13(27)29-14(28)16(20,21)22/h1-4,11H,5-8,23H2. The molecule has 1 unspecified atom stereocenters. The lowest BCUT2D eigenvalue weighted by Crippen LogP contribution is -2.57. The van der Waals surface area contributed by atoms with E-state index in [-0.39, 0.29) is 26.2 Å². The van der Waals surface area contributed by atoms with Gasteiger partial charge in [-0.15, -0.1) is 0 Å². The molecule has 0 radical (unpaired) electrons. The van der Waals surface area contributed by atoms with Gasteiger partial charge in [0.25, 0.3) is 5.91 Å². The van der Waals surface area contributed by atoms with Crippen LogP contribution >= 0.6 is 0 Å². The number of nitrogens with zero attached hydrogens (tertiary/aromatic N) is 2. The van der Waals surface area contributed by atoms with Gasteiger partial charge in [-0.25, -0.2) is 9.59 Å². The van der Waals surface area contributed by atoms with Crippen LogP contribution in [0.3, 0.4) is 0 Å². The van der Waals surface area contributed by atoms with E-state index in [1.165, 1.54) is 6.07 Å². The fourth-order valence-electron chi connectivity index (χ4n) is 2.65. The monoisotopic (exact) mass is 427 g/mol. The predicted molar refractivity (Wildman–Crippen MR) is 84.0 cm³/mol. The lowest BCUT2D eigenvalue weighted by Gasteiger charge is -2.37. The van der Waals surface area contributed by atoms with Crippen molar-refractivity contribution in [1.82, 2.24) is 9.80 Å². The number of hydrogen-bond acceptors (Lipinski definition) is 6. The van der Waals surface area contributed by atoms with E-state index < -0.39 is 47.5 Å². The zero-order chi connectivity index (χ0) is 22.0. The predicted octanol–water partition coefficient (Wildman–Crippen LogP) is 1.38. The number of halogens is 6. The average molecular weight is 427 g/mol. The molecule has 0 spiro atoms. The Kier molecular flexibility index (Phi) is 6.53. The number of rotatable bonds is 3. The largest absolute Gasteiger partial charge is 0.491 e. The maximum absolute atomic E-state index is 13.1. The van der Waals surface area contributed by atoms with Crippen molar-refractivity contribution >= 4 is 17.8 Å². The van der Waals surface area contributed by atoms with Gasteiger partial charge in [0.05, 0.1) is 11.1 Å². The Hall–Kier alpha value is -2.67. The van der Waals surface area contributed by atoms with Gasteiger partial charge < -0.3 is 15.4 Å². The summed E-state index contributed by atoms with van der Waals surface area (Å²) in [6.07, 6.45) is -11.8. The molecule has 2 rings (SSSR count). The molecule has 1 aliphatic rings. The second-order valence-corrected chi connectivity index (χ2v) is 6.02. The molecule has 7 nitrogen and oxygen atoms in total.